The molecule has 25 nitrogen and oxygen atoms in total. The second kappa shape index (κ2) is 37.7. The molecule has 1 saturated heterocycles. The van der Waals surface area contributed by atoms with E-state index in [4.69, 9.17) is 19.9 Å². The minimum atomic E-state index is -1.45. The smallest absolute Gasteiger partial charge is 0.410 e. The zero-order valence-electron chi connectivity index (χ0n) is 57.2. The van der Waals surface area contributed by atoms with Gasteiger partial charge in [-0.1, -0.05) is 104 Å². The van der Waals surface area contributed by atoms with Crippen molar-refractivity contribution in [3.63, 3.8) is 0 Å². The van der Waals surface area contributed by atoms with Gasteiger partial charge in [0.2, 0.25) is 29.5 Å². The second-order valence-electron chi connectivity index (χ2n) is 26.1. The molecule has 2 heterocycles. The van der Waals surface area contributed by atoms with Gasteiger partial charge in [-0.15, -0.1) is 0 Å². The molecule has 520 valence electrons. The lowest BCUT2D eigenvalue weighted by atomic mass is 9.82. The number of carboxylic acid groups (broad SMARTS) is 1. The van der Waals surface area contributed by atoms with Crippen LogP contribution in [0, 0.1) is 35.5 Å². The Balaban J connectivity index is 1.36. The number of hydrogen-bond acceptors (Lipinski definition) is 15. The van der Waals surface area contributed by atoms with E-state index in [1.54, 1.807) is 100.0 Å². The number of nitrogens with one attached hydrogen (secondary N) is 4. The number of methoxy groups -OCH3 is 2. The maximum Gasteiger partial charge on any atom is 0.410 e. The Morgan fingerprint density at radius 2 is 1.43 bits per heavy atom. The number of benzene rings is 2. The number of ketones is 2. The number of ether oxygens (including phenoxy) is 3. The summed E-state index contributed by atoms with van der Waals surface area (Å²) in [5, 5.41) is 20.8. The van der Waals surface area contributed by atoms with Crippen LogP contribution in [-0.4, -0.2) is 186 Å². The highest BCUT2D eigenvalue weighted by molar-refractivity contribution is 6.12. The maximum absolute atomic E-state index is 14.8. The lowest BCUT2D eigenvalue weighted by Crippen LogP contribution is -2.55. The summed E-state index contributed by atoms with van der Waals surface area (Å²) in [6.45, 7) is 16.5. The first-order valence-corrected chi connectivity index (χ1v) is 32.8. The van der Waals surface area contributed by atoms with E-state index in [9.17, 15) is 62.6 Å². The van der Waals surface area contributed by atoms with Gasteiger partial charge in [-0.3, -0.25) is 53.0 Å². The quantitative estimate of drug-likeness (QED) is 0.0303. The summed E-state index contributed by atoms with van der Waals surface area (Å²) in [7, 11) is 6.03. The van der Waals surface area contributed by atoms with Gasteiger partial charge in [0.15, 0.2) is 11.6 Å². The number of carbonyl (C=O) groups is 12. The average Bonchev–Trinajstić information content (AvgIpc) is 1.23. The first-order chi connectivity index (χ1) is 44.4. The van der Waals surface area contributed by atoms with Crippen LogP contribution in [0.3, 0.4) is 0 Å². The van der Waals surface area contributed by atoms with Gasteiger partial charge in [0.1, 0.15) is 12.6 Å². The number of urea groups is 1. The number of imide groups is 1. The zero-order chi connectivity index (χ0) is 70.1. The molecule has 7 N–H and O–H groups in total. The predicted octanol–water partition coefficient (Wildman–Crippen LogP) is 6.59. The van der Waals surface area contributed by atoms with Crippen molar-refractivity contribution in [2.45, 2.75) is 194 Å². The van der Waals surface area contributed by atoms with Crippen LogP contribution >= 0.6 is 0 Å². The largest absolute Gasteiger partial charge is 0.480 e. The molecule has 2 aliphatic rings. The number of nitrogens with two attached hydrogens (primary N) is 1. The van der Waals surface area contributed by atoms with Crippen LogP contribution < -0.4 is 27.0 Å². The minimum absolute atomic E-state index is 0.0797. The molecule has 0 spiro atoms. The number of primary amides is 1. The topological polar surface area (TPSA) is 340 Å². The molecular formula is C69H103N9O16. The number of unbranched alkanes of at least 4 members (excludes halogenated alkanes) is 2. The molecule has 94 heavy (non-hydrogen) atoms. The van der Waals surface area contributed by atoms with Crippen LogP contribution in [0.1, 0.15) is 150 Å². The molecule has 2 aromatic rings. The minimum Gasteiger partial charge on any atom is -0.480 e. The fourth-order valence-corrected chi connectivity index (χ4v) is 12.1. The lowest BCUT2D eigenvalue weighted by molar-refractivity contribution is -0.149. The van der Waals surface area contributed by atoms with Crippen molar-refractivity contribution < 1.29 is 76.9 Å². The third-order valence-corrected chi connectivity index (χ3v) is 18.4. The van der Waals surface area contributed by atoms with Crippen LogP contribution in [0.15, 0.2) is 66.7 Å². The molecular weight excluding hydrogens is 1210 g/mol. The average molecular weight is 1310 g/mol. The van der Waals surface area contributed by atoms with Gasteiger partial charge >= 0.3 is 18.1 Å². The molecule has 0 bridgehead atoms. The van der Waals surface area contributed by atoms with Crippen molar-refractivity contribution in [2.75, 3.05) is 53.3 Å². The summed E-state index contributed by atoms with van der Waals surface area (Å²) in [5.41, 5.74) is 5.46. The van der Waals surface area contributed by atoms with Crippen molar-refractivity contribution in [3.05, 3.63) is 77.9 Å². The number of likely N-dealkylation sites (N-methyl/N-ethyl adjacent to an activating group) is 2. The van der Waals surface area contributed by atoms with E-state index in [0.717, 1.165) is 10.5 Å². The van der Waals surface area contributed by atoms with Gasteiger partial charge in [0.25, 0.3) is 11.8 Å². The first kappa shape index (κ1) is 78.4. The van der Waals surface area contributed by atoms with Gasteiger partial charge in [0.05, 0.1) is 48.2 Å². The molecule has 2 aromatic carbocycles. The number of nitrogens with zero attached hydrogens (tertiary/aromatic N) is 4. The highest BCUT2D eigenvalue weighted by atomic mass is 16.6. The van der Waals surface area contributed by atoms with Crippen LogP contribution in [0.25, 0.3) is 0 Å². The van der Waals surface area contributed by atoms with Crippen LogP contribution in [-0.2, 0) is 75.2 Å². The van der Waals surface area contributed by atoms with E-state index in [2.05, 4.69) is 21.3 Å². The normalized spacial score (nSPS) is 16.9. The predicted molar refractivity (Wildman–Crippen MR) is 352 cm³/mol. The Bertz CT molecular complexity index is 2940. The highest BCUT2D eigenvalue weighted by Crippen LogP contribution is 2.32. The van der Waals surface area contributed by atoms with Gasteiger partial charge in [-0.2, -0.15) is 0 Å². The van der Waals surface area contributed by atoms with E-state index < -0.39 is 95.4 Å². The molecule has 1 fully saturated rings. The third kappa shape index (κ3) is 22.9. The molecule has 25 heteroatoms. The Morgan fingerprint density at radius 1 is 0.777 bits per heavy atom. The van der Waals surface area contributed by atoms with Crippen molar-refractivity contribution >= 4 is 76.7 Å². The molecule has 10 atom stereocenters. The number of rotatable bonds is 40. The molecule has 2 aliphatic heterocycles. The molecule has 10 amide bonds. The van der Waals surface area contributed by atoms with E-state index in [-0.39, 0.29) is 111 Å². The van der Waals surface area contributed by atoms with E-state index in [1.165, 1.54) is 38.3 Å². The number of hydrogen-bond donors (Lipinski definition) is 6. The number of anilines is 1. The molecule has 0 radical (unpaired) electrons. The fourth-order valence-electron chi connectivity index (χ4n) is 12.1. The fraction of sp³-hybridized carbons (Fsp3) is 0.623. The summed E-state index contributed by atoms with van der Waals surface area (Å²) >= 11 is 0. The van der Waals surface area contributed by atoms with Gasteiger partial charge in [-0.25, -0.2) is 14.4 Å². The number of likely N-dealkylation sites (tertiary alicyclic amines) is 1. The first-order valence-electron chi connectivity index (χ1n) is 32.8. The van der Waals surface area contributed by atoms with E-state index >= 15 is 0 Å². The van der Waals surface area contributed by atoms with Crippen molar-refractivity contribution in [1.29, 1.82) is 0 Å². The van der Waals surface area contributed by atoms with Gasteiger partial charge in [-0.05, 0) is 93.4 Å². The van der Waals surface area contributed by atoms with E-state index in [0.29, 0.717) is 62.7 Å². The summed E-state index contributed by atoms with van der Waals surface area (Å²) < 4.78 is 17.7. The number of carbonyl (C=O) groups excluding carboxylic acids is 11. The van der Waals surface area contributed by atoms with Crippen LogP contribution in [0.4, 0.5) is 15.3 Å². The molecule has 0 unspecified atom stereocenters. The standard InChI is InChI=1S/C69H103N9O16/c1-14-44(6)61(54(92-12)40-59(84)77-36-22-26-52(77)62(93-13)45(7)63(85)73-51(66(88)89)37-46-23-17-15-18-24-46)75(10)65(87)50(42(2)3)39-55(80)69(8,9)76(11)68(91)94-41-47-28-30-49(31-29-47)72-64(86)48(25-21-34-71-67(70)90)38-53(79)60(43(4)5)74-56(81)27-19-16-20-35-78-57(82)32-33-58(78)83/h15,17-18,23-24,28-33,42-45,48,50-52,54,60-62H,14,16,19-22,25-27,34-41H2,1-13H3,(H,72,86)(H,73,85)(H,74,81)(H,88,89)(H3,70,71,90)/t44-,45+,48+,50-,51-,52-,54+,60-,61-,62+/m0/s1. The second-order valence-corrected chi connectivity index (χ2v) is 26.1. The van der Waals surface area contributed by atoms with Crippen LogP contribution in [0.2, 0.25) is 0 Å². The lowest BCUT2D eigenvalue weighted by Gasteiger charge is -2.41. The Hall–Kier alpha value is -8.06. The van der Waals surface area contributed by atoms with Crippen molar-refractivity contribution in [2.24, 2.45) is 41.2 Å². The third-order valence-electron chi connectivity index (χ3n) is 18.4. The zero-order valence-corrected chi connectivity index (χ0v) is 57.2. The monoisotopic (exact) mass is 1310 g/mol. The molecule has 0 saturated carbocycles. The summed E-state index contributed by atoms with van der Waals surface area (Å²) in [6.07, 6.45) is 3.53. The molecule has 4 rings (SSSR count). The maximum atomic E-state index is 14.8. The summed E-state index contributed by atoms with van der Waals surface area (Å²) in [4.78, 5) is 165. The van der Waals surface area contributed by atoms with Crippen LogP contribution in [0.5, 0.6) is 0 Å². The molecule has 0 aromatic heterocycles. The summed E-state index contributed by atoms with van der Waals surface area (Å²) in [5.74, 6) is -8.01. The Morgan fingerprint density at radius 3 is 2.00 bits per heavy atom. The summed E-state index contributed by atoms with van der Waals surface area (Å²) in [6, 6.07) is 11.5. The van der Waals surface area contributed by atoms with Crippen molar-refractivity contribution in [1.82, 2.24) is 35.6 Å². The van der Waals surface area contributed by atoms with Gasteiger partial charge in [0, 0.05) is 103 Å². The highest BCUT2D eigenvalue weighted by Gasteiger charge is 2.45. The number of Topliss-reactive ketones (excluding diaryl/α,β-unsaturated/α-hetero) is 2. The van der Waals surface area contributed by atoms with E-state index in [1.807, 2.05) is 33.8 Å². The Labute approximate surface area is 553 Å². The number of amides is 10. The SMILES string of the molecule is CC[C@H](C)[C@@H]([C@@H](CC(=O)N1CCC[C@H]1[C@H](OC)[C@@H](C)C(=O)N[C@@H](Cc1ccccc1)C(=O)O)OC)N(C)C(=O)[C@@H](CC(=O)C(C)(C)N(C)C(=O)OCc1ccc(NC(=O)[C@H](CCCNC(N)=O)CC(=O)[C@@H](NC(=O)CCCCCN2C(=O)C=CC2=O)C(C)C)cc1)C(C)C. The molecule has 0 aliphatic carbocycles. The van der Waals surface area contributed by atoms with Gasteiger partial charge < -0.3 is 56.1 Å². The number of carboxylic acids is 1. The van der Waals surface area contributed by atoms with Crippen molar-refractivity contribution in [3.8, 4) is 0 Å². The Kier molecular flexibility index (Phi) is 31.5. The number of aliphatic carboxylic acids is 1.